The Balaban J connectivity index is 2.52. The fourth-order valence-corrected chi connectivity index (χ4v) is 1.70. The number of hydrogen-bond donors (Lipinski definition) is 1. The van der Waals surface area contributed by atoms with Crippen LogP contribution >= 0.6 is 0 Å². The highest BCUT2D eigenvalue weighted by atomic mass is 19.1. The van der Waals surface area contributed by atoms with Crippen LogP contribution in [0.15, 0.2) is 30.5 Å². The topological polar surface area (TPSA) is 55.1 Å². The molecule has 1 aromatic carbocycles. The first-order valence-electron chi connectivity index (χ1n) is 5.19. The number of carbonyl (C=O) groups is 1. The number of aromatic carboxylic acids is 1. The summed E-state index contributed by atoms with van der Waals surface area (Å²) in [6.45, 7) is 1.85. The molecule has 0 fully saturated rings. The van der Waals surface area contributed by atoms with Crippen LogP contribution in [-0.4, -0.2) is 20.9 Å². The summed E-state index contributed by atoms with van der Waals surface area (Å²) in [5.74, 6) is -1.34. The molecule has 0 aliphatic rings. The first kappa shape index (κ1) is 11.3. The molecule has 0 saturated carbocycles. The van der Waals surface area contributed by atoms with Gasteiger partial charge >= 0.3 is 5.97 Å². The van der Waals surface area contributed by atoms with E-state index in [-0.39, 0.29) is 11.4 Å². The van der Waals surface area contributed by atoms with Crippen molar-refractivity contribution >= 4 is 5.97 Å². The molecular formula is C12H11FN2O2. The van der Waals surface area contributed by atoms with Gasteiger partial charge in [0.1, 0.15) is 11.4 Å². The summed E-state index contributed by atoms with van der Waals surface area (Å²) < 4.78 is 14.3. The minimum atomic E-state index is -1.00. The molecule has 0 spiro atoms. The molecule has 1 N–H and O–H groups in total. The highest BCUT2D eigenvalue weighted by Crippen LogP contribution is 2.16. The van der Waals surface area contributed by atoms with E-state index in [2.05, 4.69) is 5.10 Å². The Labute approximate surface area is 97.3 Å². The van der Waals surface area contributed by atoms with Crippen LogP contribution in [0.5, 0.6) is 0 Å². The molecule has 88 valence electrons. The van der Waals surface area contributed by atoms with E-state index in [0.717, 1.165) is 0 Å². The molecule has 0 amide bonds. The van der Waals surface area contributed by atoms with Gasteiger partial charge < -0.3 is 5.11 Å². The molecule has 2 rings (SSSR count). The lowest BCUT2D eigenvalue weighted by atomic mass is 10.2. The number of hydrogen-bond acceptors (Lipinski definition) is 2. The summed E-state index contributed by atoms with van der Waals surface area (Å²) in [6.07, 6.45) is 1.85. The van der Waals surface area contributed by atoms with E-state index in [1.165, 1.54) is 23.0 Å². The zero-order valence-corrected chi connectivity index (χ0v) is 9.22. The molecule has 1 heterocycles. The Kier molecular flexibility index (Phi) is 2.91. The molecule has 0 unspecified atom stereocenters. The Morgan fingerprint density at radius 3 is 2.59 bits per heavy atom. The van der Waals surface area contributed by atoms with Gasteiger partial charge in [0.2, 0.25) is 0 Å². The molecule has 0 radical (unpaired) electrons. The molecule has 2 aromatic rings. The SMILES string of the molecule is CCc1c(C(=O)O)cnn1-c1ccc(F)cc1. The fourth-order valence-electron chi connectivity index (χ4n) is 1.70. The Hall–Kier alpha value is -2.17. The van der Waals surface area contributed by atoms with Crippen molar-refractivity contribution in [3.8, 4) is 5.69 Å². The molecule has 1 aromatic heterocycles. The minimum Gasteiger partial charge on any atom is -0.478 e. The van der Waals surface area contributed by atoms with Crippen molar-refractivity contribution in [3.63, 3.8) is 0 Å². The van der Waals surface area contributed by atoms with E-state index in [4.69, 9.17) is 5.11 Å². The smallest absolute Gasteiger partial charge is 0.339 e. The van der Waals surface area contributed by atoms with E-state index < -0.39 is 5.97 Å². The van der Waals surface area contributed by atoms with Gasteiger partial charge in [-0.3, -0.25) is 0 Å². The van der Waals surface area contributed by atoms with Gasteiger partial charge in [0.25, 0.3) is 0 Å². The van der Waals surface area contributed by atoms with Crippen LogP contribution in [0.1, 0.15) is 23.0 Å². The normalized spacial score (nSPS) is 10.5. The van der Waals surface area contributed by atoms with Crippen LogP contribution in [0.4, 0.5) is 4.39 Å². The van der Waals surface area contributed by atoms with Crippen molar-refractivity contribution in [3.05, 3.63) is 47.5 Å². The third-order valence-corrected chi connectivity index (χ3v) is 2.51. The first-order valence-corrected chi connectivity index (χ1v) is 5.19. The summed E-state index contributed by atoms with van der Waals surface area (Å²) in [7, 11) is 0. The van der Waals surface area contributed by atoms with Crippen LogP contribution in [0.3, 0.4) is 0 Å². The number of rotatable bonds is 3. The third kappa shape index (κ3) is 2.04. The summed E-state index contributed by atoms with van der Waals surface area (Å²) in [5.41, 5.74) is 1.43. The second kappa shape index (κ2) is 4.37. The van der Waals surface area contributed by atoms with Gasteiger partial charge in [-0.2, -0.15) is 5.10 Å². The van der Waals surface area contributed by atoms with Gasteiger partial charge in [-0.15, -0.1) is 0 Å². The molecule has 0 aliphatic carbocycles. The Morgan fingerprint density at radius 2 is 2.06 bits per heavy atom. The average molecular weight is 234 g/mol. The number of halogens is 1. The standard InChI is InChI=1S/C12H11FN2O2/c1-2-11-10(12(16)17)7-14-15(11)9-5-3-8(13)4-6-9/h3-7H,2H2,1H3,(H,16,17). The molecule has 17 heavy (non-hydrogen) atoms. The number of aromatic nitrogens is 2. The van der Waals surface area contributed by atoms with Crippen LogP contribution in [-0.2, 0) is 6.42 Å². The highest BCUT2D eigenvalue weighted by Gasteiger charge is 2.15. The van der Waals surface area contributed by atoms with E-state index in [1.54, 1.807) is 12.1 Å². The van der Waals surface area contributed by atoms with E-state index in [9.17, 15) is 9.18 Å². The van der Waals surface area contributed by atoms with Crippen molar-refractivity contribution in [2.45, 2.75) is 13.3 Å². The monoisotopic (exact) mass is 234 g/mol. The van der Waals surface area contributed by atoms with Gasteiger partial charge in [-0.05, 0) is 30.7 Å². The maximum absolute atomic E-state index is 12.8. The van der Waals surface area contributed by atoms with Crippen LogP contribution in [0.2, 0.25) is 0 Å². The van der Waals surface area contributed by atoms with Gasteiger partial charge in [0.15, 0.2) is 0 Å². The lowest BCUT2D eigenvalue weighted by molar-refractivity contribution is 0.0695. The quantitative estimate of drug-likeness (QED) is 0.886. The number of nitrogens with zero attached hydrogens (tertiary/aromatic N) is 2. The summed E-state index contributed by atoms with van der Waals surface area (Å²) in [5, 5.41) is 13.0. The maximum atomic E-state index is 12.8. The van der Waals surface area contributed by atoms with Crippen LogP contribution < -0.4 is 0 Å². The number of benzene rings is 1. The van der Waals surface area contributed by atoms with Gasteiger partial charge in [-0.25, -0.2) is 13.9 Å². The van der Waals surface area contributed by atoms with Crippen molar-refractivity contribution in [1.29, 1.82) is 0 Å². The number of carboxylic acid groups (broad SMARTS) is 1. The van der Waals surface area contributed by atoms with Gasteiger partial charge in [-0.1, -0.05) is 6.92 Å². The number of carboxylic acids is 1. The van der Waals surface area contributed by atoms with Crippen molar-refractivity contribution in [1.82, 2.24) is 9.78 Å². The molecule has 5 heteroatoms. The summed E-state index contributed by atoms with van der Waals surface area (Å²) >= 11 is 0. The fraction of sp³-hybridized carbons (Fsp3) is 0.167. The van der Waals surface area contributed by atoms with Crippen LogP contribution in [0.25, 0.3) is 5.69 Å². The van der Waals surface area contributed by atoms with Crippen molar-refractivity contribution in [2.24, 2.45) is 0 Å². The second-order valence-corrected chi connectivity index (χ2v) is 3.55. The molecule has 0 atom stereocenters. The molecule has 0 aliphatic heterocycles. The molecule has 0 saturated heterocycles. The third-order valence-electron chi connectivity index (χ3n) is 2.51. The molecule has 4 nitrogen and oxygen atoms in total. The predicted molar refractivity (Wildman–Crippen MR) is 59.9 cm³/mol. The van der Waals surface area contributed by atoms with E-state index in [1.807, 2.05) is 6.92 Å². The second-order valence-electron chi connectivity index (χ2n) is 3.55. The van der Waals surface area contributed by atoms with Gasteiger partial charge in [0.05, 0.1) is 17.6 Å². The minimum absolute atomic E-state index is 0.178. The van der Waals surface area contributed by atoms with Crippen LogP contribution in [0, 0.1) is 5.82 Å². The Bertz CT molecular complexity index is 546. The van der Waals surface area contributed by atoms with Gasteiger partial charge in [0, 0.05) is 0 Å². The highest BCUT2D eigenvalue weighted by molar-refractivity contribution is 5.88. The lowest BCUT2D eigenvalue weighted by Gasteiger charge is -2.06. The first-order chi connectivity index (χ1) is 8.13. The lowest BCUT2D eigenvalue weighted by Crippen LogP contribution is -2.05. The summed E-state index contributed by atoms with van der Waals surface area (Å²) in [6, 6.07) is 5.76. The maximum Gasteiger partial charge on any atom is 0.339 e. The van der Waals surface area contributed by atoms with E-state index in [0.29, 0.717) is 17.8 Å². The van der Waals surface area contributed by atoms with E-state index >= 15 is 0 Å². The Morgan fingerprint density at radius 1 is 1.41 bits per heavy atom. The zero-order valence-electron chi connectivity index (χ0n) is 9.22. The summed E-state index contributed by atoms with van der Waals surface area (Å²) in [4.78, 5) is 11.0. The van der Waals surface area contributed by atoms with Crippen molar-refractivity contribution < 1.29 is 14.3 Å². The largest absolute Gasteiger partial charge is 0.478 e. The predicted octanol–water partition coefficient (Wildman–Crippen LogP) is 2.27. The average Bonchev–Trinajstić information content (AvgIpc) is 2.73. The molecule has 0 bridgehead atoms. The molecular weight excluding hydrogens is 223 g/mol. The zero-order chi connectivity index (χ0) is 12.4. The van der Waals surface area contributed by atoms with Crippen molar-refractivity contribution in [2.75, 3.05) is 0 Å².